The molecule has 0 aromatic carbocycles. The van der Waals surface area contributed by atoms with Crippen LogP contribution >= 0.6 is 0 Å². The van der Waals surface area contributed by atoms with Gasteiger partial charge in [0.05, 0.1) is 19.0 Å². The molecule has 0 radical (unpaired) electrons. The van der Waals surface area contributed by atoms with E-state index in [1.165, 1.54) is 13.2 Å². The summed E-state index contributed by atoms with van der Waals surface area (Å²) in [6, 6.07) is 1.41. The quantitative estimate of drug-likeness (QED) is 0.758. The van der Waals surface area contributed by atoms with Gasteiger partial charge in [-0.25, -0.2) is 27.8 Å². The lowest BCUT2D eigenvalue weighted by Crippen LogP contribution is -2.31. The maximum atomic E-state index is 13.4. The first kappa shape index (κ1) is 16.7. The zero-order valence-corrected chi connectivity index (χ0v) is 14.2. The number of nitrogens with zero attached hydrogens (tertiary/aromatic N) is 4. The molecule has 0 unspecified atom stereocenters. The van der Waals surface area contributed by atoms with Crippen LogP contribution in [0.5, 0.6) is 5.88 Å². The van der Waals surface area contributed by atoms with Gasteiger partial charge in [0.2, 0.25) is 20.9 Å². The minimum Gasteiger partial charge on any atom is -0.481 e. The molecule has 2 aromatic rings. The molecule has 3 rings (SSSR count). The summed E-state index contributed by atoms with van der Waals surface area (Å²) in [5.74, 6) is -0.0183. The second kappa shape index (κ2) is 6.40. The number of rotatable bonds is 4. The van der Waals surface area contributed by atoms with Crippen LogP contribution in [0.3, 0.4) is 0 Å². The molecule has 0 saturated heterocycles. The molecule has 2 aromatic heterocycles. The van der Waals surface area contributed by atoms with Crippen LogP contribution in [0, 0.1) is 5.82 Å². The van der Waals surface area contributed by atoms with Gasteiger partial charge in [-0.2, -0.15) is 0 Å². The Morgan fingerprint density at radius 1 is 1.33 bits per heavy atom. The largest absolute Gasteiger partial charge is 0.481 e. The lowest BCUT2D eigenvalue weighted by Gasteiger charge is -2.28. The predicted molar refractivity (Wildman–Crippen MR) is 83.7 cm³/mol. The Labute approximate surface area is 139 Å². The molecule has 0 spiro atoms. The lowest BCUT2D eigenvalue weighted by molar-refractivity contribution is 0.237. The fourth-order valence-corrected chi connectivity index (χ4v) is 3.20. The molecule has 0 atom stereocenters. The Kier molecular flexibility index (Phi) is 4.46. The van der Waals surface area contributed by atoms with E-state index in [4.69, 9.17) is 4.74 Å². The van der Waals surface area contributed by atoms with Crippen molar-refractivity contribution in [3.63, 3.8) is 0 Å². The molecule has 7 nitrogen and oxygen atoms in total. The Bertz CT molecular complexity index is 873. The van der Waals surface area contributed by atoms with Gasteiger partial charge >= 0.3 is 0 Å². The number of methoxy groups -OCH3 is 1. The maximum absolute atomic E-state index is 13.4. The second-order valence-corrected chi connectivity index (χ2v) is 7.59. The molecular weight excluding hydrogens is 335 g/mol. The number of aromatic nitrogens is 3. The number of hydrogen-bond acceptors (Lipinski definition) is 7. The zero-order valence-electron chi connectivity index (χ0n) is 13.4. The SMILES string of the molecule is COc1ncc(F)cc1CN1CCc2nc(S(C)(=O)=O)ncc2C1. The standard InChI is InChI=1S/C15H17FN4O3S/c1-23-14-10(5-12(16)7-17-14)8-20-4-3-13-11(9-20)6-18-15(19-13)24(2,21)22/h5-7H,3-4,8-9H2,1-2H3. The van der Waals surface area contributed by atoms with Crippen LogP contribution < -0.4 is 4.74 Å². The van der Waals surface area contributed by atoms with Gasteiger partial charge in [0.25, 0.3) is 0 Å². The van der Waals surface area contributed by atoms with E-state index in [0.717, 1.165) is 23.7 Å². The van der Waals surface area contributed by atoms with Gasteiger partial charge < -0.3 is 4.74 Å². The highest BCUT2D eigenvalue weighted by Crippen LogP contribution is 2.23. The molecule has 3 heterocycles. The first-order valence-corrected chi connectivity index (χ1v) is 9.21. The Morgan fingerprint density at radius 2 is 2.12 bits per heavy atom. The lowest BCUT2D eigenvalue weighted by atomic mass is 10.1. The molecule has 128 valence electrons. The van der Waals surface area contributed by atoms with Crippen molar-refractivity contribution < 1.29 is 17.5 Å². The van der Waals surface area contributed by atoms with Crippen molar-refractivity contribution in [3.8, 4) is 5.88 Å². The molecule has 1 aliphatic rings. The monoisotopic (exact) mass is 352 g/mol. The normalized spacial score (nSPS) is 15.1. The molecule has 0 bridgehead atoms. The molecule has 1 aliphatic heterocycles. The van der Waals surface area contributed by atoms with Crippen LogP contribution in [0.4, 0.5) is 4.39 Å². The van der Waals surface area contributed by atoms with Crippen molar-refractivity contribution >= 4 is 9.84 Å². The van der Waals surface area contributed by atoms with Crippen LogP contribution in [-0.2, 0) is 29.3 Å². The van der Waals surface area contributed by atoms with Crippen molar-refractivity contribution in [1.82, 2.24) is 19.9 Å². The summed E-state index contributed by atoms with van der Waals surface area (Å²) < 4.78 is 41.7. The smallest absolute Gasteiger partial charge is 0.246 e. The van der Waals surface area contributed by atoms with Gasteiger partial charge in [0.1, 0.15) is 5.82 Å². The first-order chi connectivity index (χ1) is 11.4. The topological polar surface area (TPSA) is 85.3 Å². The van der Waals surface area contributed by atoms with Gasteiger partial charge in [0, 0.05) is 49.6 Å². The van der Waals surface area contributed by atoms with E-state index < -0.39 is 15.7 Å². The van der Waals surface area contributed by atoms with E-state index in [1.807, 2.05) is 0 Å². The number of hydrogen-bond donors (Lipinski definition) is 0. The number of sulfone groups is 1. The van der Waals surface area contributed by atoms with Crippen molar-refractivity contribution in [1.29, 1.82) is 0 Å². The Hall–Kier alpha value is -2.13. The van der Waals surface area contributed by atoms with Crippen LogP contribution in [0.15, 0.2) is 23.6 Å². The summed E-state index contributed by atoms with van der Waals surface area (Å²) >= 11 is 0. The summed E-state index contributed by atoms with van der Waals surface area (Å²) in [6.45, 7) is 1.70. The fraction of sp³-hybridized carbons (Fsp3) is 0.400. The van der Waals surface area contributed by atoms with Gasteiger partial charge in [0.15, 0.2) is 0 Å². The zero-order chi connectivity index (χ0) is 17.3. The molecule has 9 heteroatoms. The summed E-state index contributed by atoms with van der Waals surface area (Å²) in [5.41, 5.74) is 2.28. The third-order valence-electron chi connectivity index (χ3n) is 3.80. The van der Waals surface area contributed by atoms with E-state index in [2.05, 4.69) is 19.9 Å². The number of ether oxygens (including phenoxy) is 1. The van der Waals surface area contributed by atoms with Crippen molar-refractivity contribution in [2.24, 2.45) is 0 Å². The van der Waals surface area contributed by atoms with Gasteiger partial charge in [-0.05, 0) is 6.07 Å². The second-order valence-electron chi connectivity index (χ2n) is 5.68. The van der Waals surface area contributed by atoms with E-state index in [-0.39, 0.29) is 5.16 Å². The maximum Gasteiger partial charge on any atom is 0.246 e. The van der Waals surface area contributed by atoms with Gasteiger partial charge in [-0.15, -0.1) is 0 Å². The van der Waals surface area contributed by atoms with Gasteiger partial charge in [-0.1, -0.05) is 0 Å². The number of halogens is 1. The van der Waals surface area contributed by atoms with Crippen LogP contribution in [0.2, 0.25) is 0 Å². The fourth-order valence-electron chi connectivity index (χ4n) is 2.68. The number of fused-ring (bicyclic) bond motifs is 1. The molecule has 24 heavy (non-hydrogen) atoms. The van der Waals surface area contributed by atoms with Crippen LogP contribution in [0.1, 0.15) is 16.8 Å². The Morgan fingerprint density at radius 3 is 2.83 bits per heavy atom. The molecule has 0 fully saturated rings. The van der Waals surface area contributed by atoms with Crippen LogP contribution in [-0.4, -0.2) is 48.2 Å². The van der Waals surface area contributed by atoms with Crippen molar-refractivity contribution in [3.05, 3.63) is 41.1 Å². The number of pyridine rings is 1. The summed E-state index contributed by atoms with van der Waals surface area (Å²) in [7, 11) is -1.92. The van der Waals surface area contributed by atoms with Crippen LogP contribution in [0.25, 0.3) is 0 Å². The summed E-state index contributed by atoms with van der Waals surface area (Å²) in [5, 5.41) is -0.148. The minimum atomic E-state index is -3.41. The third kappa shape index (κ3) is 3.51. The summed E-state index contributed by atoms with van der Waals surface area (Å²) in [6.07, 6.45) is 4.36. The minimum absolute atomic E-state index is 0.148. The average Bonchev–Trinajstić information content (AvgIpc) is 2.53. The molecular formula is C15H17FN4O3S. The first-order valence-electron chi connectivity index (χ1n) is 7.32. The highest BCUT2D eigenvalue weighted by molar-refractivity contribution is 7.90. The highest BCUT2D eigenvalue weighted by atomic mass is 32.2. The van der Waals surface area contributed by atoms with Crippen molar-refractivity contribution in [2.45, 2.75) is 24.7 Å². The molecule has 0 aliphatic carbocycles. The predicted octanol–water partition coefficient (Wildman–Crippen LogP) is 0.981. The molecule has 0 saturated carbocycles. The third-order valence-corrected chi connectivity index (χ3v) is 4.66. The van der Waals surface area contributed by atoms with E-state index in [9.17, 15) is 12.8 Å². The molecule has 0 amide bonds. The van der Waals surface area contributed by atoms with E-state index in [1.54, 1.807) is 6.20 Å². The average molecular weight is 352 g/mol. The van der Waals surface area contributed by atoms with Crippen molar-refractivity contribution in [2.75, 3.05) is 19.9 Å². The van der Waals surface area contributed by atoms with E-state index >= 15 is 0 Å². The molecule has 0 N–H and O–H groups in total. The van der Waals surface area contributed by atoms with Gasteiger partial charge in [-0.3, -0.25) is 4.90 Å². The highest BCUT2D eigenvalue weighted by Gasteiger charge is 2.22. The summed E-state index contributed by atoms with van der Waals surface area (Å²) in [4.78, 5) is 14.1. The Balaban J connectivity index is 1.80. The van der Waals surface area contributed by atoms with E-state index in [0.29, 0.717) is 37.5 Å².